The molecule has 0 aliphatic heterocycles. The van der Waals surface area contributed by atoms with Gasteiger partial charge >= 0.3 is 0 Å². The summed E-state index contributed by atoms with van der Waals surface area (Å²) in [6.45, 7) is 6.02. The molecule has 0 fully saturated rings. The lowest BCUT2D eigenvalue weighted by atomic mass is 10.0. The second-order valence-electron chi connectivity index (χ2n) is 7.28. The molecule has 0 unspecified atom stereocenters. The van der Waals surface area contributed by atoms with Gasteiger partial charge in [-0.3, -0.25) is 4.79 Å². The third kappa shape index (κ3) is 5.87. The molecule has 0 spiro atoms. The maximum Gasteiger partial charge on any atom is 0.271 e. The minimum atomic E-state index is -3.76. The fraction of sp³-hybridized carbons (Fsp3) is 0.167. The zero-order chi connectivity index (χ0) is 22.4. The maximum atomic E-state index is 12.6. The molecule has 0 bridgehead atoms. The smallest absolute Gasteiger partial charge is 0.267 e. The Kier molecular flexibility index (Phi) is 6.99. The lowest BCUT2D eigenvalue weighted by molar-refractivity contribution is 0.0954. The first-order valence-corrected chi connectivity index (χ1v) is 11.3. The van der Waals surface area contributed by atoms with E-state index in [1.807, 2.05) is 62.4 Å². The molecule has 160 valence electrons. The predicted molar refractivity (Wildman–Crippen MR) is 123 cm³/mol. The molecule has 6 nitrogen and oxygen atoms in total. The third-order valence-corrected chi connectivity index (χ3v) is 6.36. The Morgan fingerprint density at radius 3 is 2.32 bits per heavy atom. The van der Waals surface area contributed by atoms with E-state index in [0.29, 0.717) is 5.71 Å². The van der Waals surface area contributed by atoms with Gasteiger partial charge in [-0.15, -0.1) is 0 Å². The van der Waals surface area contributed by atoms with Crippen LogP contribution < -0.4 is 10.1 Å². The average Bonchev–Trinajstić information content (AvgIpc) is 2.78. The van der Waals surface area contributed by atoms with Gasteiger partial charge in [0.1, 0.15) is 0 Å². The van der Waals surface area contributed by atoms with E-state index in [1.165, 1.54) is 23.8 Å². The minimum Gasteiger partial charge on any atom is -0.267 e. The lowest BCUT2D eigenvalue weighted by Gasteiger charge is -2.09. The summed E-state index contributed by atoms with van der Waals surface area (Å²) in [5.74, 6) is -0.483. The van der Waals surface area contributed by atoms with Crippen molar-refractivity contribution >= 4 is 21.6 Å². The zero-order valence-electron chi connectivity index (χ0n) is 17.7. The Hall–Kier alpha value is -3.29. The van der Waals surface area contributed by atoms with Crippen LogP contribution in [0, 0.1) is 13.8 Å². The molecule has 0 heterocycles. The standard InChI is InChI=1S/C24H25N3O3S/c1-17-12-13-21(14-18(17)2)19(3)26-27-24(28)22-10-7-11-23(15-22)31(29,30)25-16-20-8-5-4-6-9-20/h4-15,25H,16H2,1-3H3,(H,27,28)/b26-19+. The topological polar surface area (TPSA) is 87.6 Å². The number of benzene rings is 3. The van der Waals surface area contributed by atoms with Gasteiger partial charge in [-0.05, 0) is 67.3 Å². The minimum absolute atomic E-state index is 0.0194. The largest absolute Gasteiger partial charge is 0.271 e. The van der Waals surface area contributed by atoms with E-state index in [4.69, 9.17) is 0 Å². The maximum absolute atomic E-state index is 12.6. The number of nitrogens with zero attached hydrogens (tertiary/aromatic N) is 1. The Balaban J connectivity index is 1.71. The summed E-state index contributed by atoms with van der Waals surface area (Å²) in [4.78, 5) is 12.5. The number of hydrazone groups is 1. The van der Waals surface area contributed by atoms with Crippen LogP contribution in [0.1, 0.15) is 39.5 Å². The highest BCUT2D eigenvalue weighted by atomic mass is 32.2. The number of hydrogen-bond acceptors (Lipinski definition) is 4. The third-order valence-electron chi connectivity index (χ3n) is 4.97. The molecule has 0 saturated carbocycles. The molecule has 7 heteroatoms. The van der Waals surface area contributed by atoms with Crippen LogP contribution in [0.5, 0.6) is 0 Å². The first kappa shape index (κ1) is 22.4. The van der Waals surface area contributed by atoms with Gasteiger partial charge in [0, 0.05) is 12.1 Å². The van der Waals surface area contributed by atoms with Crippen LogP contribution in [0.2, 0.25) is 0 Å². The predicted octanol–water partition coefficient (Wildman–Crippen LogP) is 3.94. The summed E-state index contributed by atoms with van der Waals surface area (Å²) < 4.78 is 27.8. The monoisotopic (exact) mass is 435 g/mol. The van der Waals surface area contributed by atoms with Gasteiger partial charge in [0.2, 0.25) is 10.0 Å². The van der Waals surface area contributed by atoms with E-state index in [-0.39, 0.29) is 17.0 Å². The Bertz CT molecular complexity index is 1220. The Labute approximate surface area is 183 Å². The molecule has 0 radical (unpaired) electrons. The van der Waals surface area contributed by atoms with Gasteiger partial charge in [-0.25, -0.2) is 18.6 Å². The SMILES string of the molecule is C/C(=N\NC(=O)c1cccc(S(=O)(=O)NCc2ccccc2)c1)c1ccc(C)c(C)c1. The molecule has 0 aromatic heterocycles. The lowest BCUT2D eigenvalue weighted by Crippen LogP contribution is -2.24. The summed E-state index contributed by atoms with van der Waals surface area (Å²) in [5, 5.41) is 4.16. The van der Waals surface area contributed by atoms with Gasteiger partial charge in [0.15, 0.2) is 0 Å². The molecule has 0 aliphatic rings. The van der Waals surface area contributed by atoms with Crippen molar-refractivity contribution in [1.29, 1.82) is 0 Å². The molecule has 31 heavy (non-hydrogen) atoms. The quantitative estimate of drug-likeness (QED) is 0.435. The molecule has 0 aliphatic carbocycles. The number of sulfonamides is 1. The van der Waals surface area contributed by atoms with Crippen molar-refractivity contribution in [2.45, 2.75) is 32.2 Å². The molecular formula is C24H25N3O3S. The molecule has 3 aromatic carbocycles. The van der Waals surface area contributed by atoms with Crippen LogP contribution in [0.15, 0.2) is 82.8 Å². The van der Waals surface area contributed by atoms with Gasteiger partial charge in [-0.1, -0.05) is 48.5 Å². The highest BCUT2D eigenvalue weighted by molar-refractivity contribution is 7.89. The van der Waals surface area contributed by atoms with E-state index in [0.717, 1.165) is 16.7 Å². The second-order valence-corrected chi connectivity index (χ2v) is 9.04. The van der Waals surface area contributed by atoms with Crippen molar-refractivity contribution in [3.63, 3.8) is 0 Å². The molecule has 0 atom stereocenters. The summed E-state index contributed by atoms with van der Waals surface area (Å²) in [7, 11) is -3.76. The van der Waals surface area contributed by atoms with E-state index in [9.17, 15) is 13.2 Å². The van der Waals surface area contributed by atoms with E-state index >= 15 is 0 Å². The second kappa shape index (κ2) is 9.68. The molecule has 0 saturated heterocycles. The summed E-state index contributed by atoms with van der Waals surface area (Å²) >= 11 is 0. The van der Waals surface area contributed by atoms with Crippen molar-refractivity contribution in [3.05, 3.63) is 101 Å². The van der Waals surface area contributed by atoms with Gasteiger partial charge < -0.3 is 0 Å². The fourth-order valence-corrected chi connectivity index (χ4v) is 3.96. The van der Waals surface area contributed by atoms with Gasteiger partial charge in [0.25, 0.3) is 5.91 Å². The number of carbonyl (C=O) groups excluding carboxylic acids is 1. The van der Waals surface area contributed by atoms with Crippen molar-refractivity contribution in [2.24, 2.45) is 5.10 Å². The van der Waals surface area contributed by atoms with E-state index in [1.54, 1.807) is 13.0 Å². The molecule has 3 aromatic rings. The number of rotatable bonds is 7. The van der Waals surface area contributed by atoms with Crippen LogP contribution in [0.3, 0.4) is 0 Å². The van der Waals surface area contributed by atoms with Crippen LogP contribution in [0.4, 0.5) is 0 Å². The highest BCUT2D eigenvalue weighted by Crippen LogP contribution is 2.13. The molecule has 3 rings (SSSR count). The van der Waals surface area contributed by atoms with Crippen molar-refractivity contribution < 1.29 is 13.2 Å². The van der Waals surface area contributed by atoms with Crippen molar-refractivity contribution in [3.8, 4) is 0 Å². The normalized spacial score (nSPS) is 11.9. The summed E-state index contributed by atoms with van der Waals surface area (Å²) in [5.41, 5.74) is 7.44. The number of carbonyl (C=O) groups is 1. The number of aryl methyl sites for hydroxylation is 2. The van der Waals surface area contributed by atoms with Gasteiger partial charge in [-0.2, -0.15) is 5.10 Å². The van der Waals surface area contributed by atoms with E-state index < -0.39 is 15.9 Å². The first-order chi connectivity index (χ1) is 14.8. The van der Waals surface area contributed by atoms with Crippen LogP contribution >= 0.6 is 0 Å². The number of nitrogens with one attached hydrogen (secondary N) is 2. The fourth-order valence-electron chi connectivity index (χ4n) is 2.89. The summed E-state index contributed by atoms with van der Waals surface area (Å²) in [6.07, 6.45) is 0. The first-order valence-electron chi connectivity index (χ1n) is 9.82. The Morgan fingerprint density at radius 2 is 1.61 bits per heavy atom. The van der Waals surface area contributed by atoms with Crippen molar-refractivity contribution in [2.75, 3.05) is 0 Å². The number of amides is 1. The highest BCUT2D eigenvalue weighted by Gasteiger charge is 2.16. The summed E-state index contributed by atoms with van der Waals surface area (Å²) in [6, 6.07) is 21.0. The average molecular weight is 436 g/mol. The molecule has 2 N–H and O–H groups in total. The van der Waals surface area contributed by atoms with Crippen molar-refractivity contribution in [1.82, 2.24) is 10.1 Å². The van der Waals surface area contributed by atoms with Crippen LogP contribution in [-0.4, -0.2) is 20.0 Å². The van der Waals surface area contributed by atoms with E-state index in [2.05, 4.69) is 15.2 Å². The molecular weight excluding hydrogens is 410 g/mol. The molecule has 1 amide bonds. The Morgan fingerprint density at radius 1 is 0.871 bits per heavy atom. The van der Waals surface area contributed by atoms with Gasteiger partial charge in [0.05, 0.1) is 10.6 Å². The van der Waals surface area contributed by atoms with Crippen LogP contribution in [0.25, 0.3) is 0 Å². The zero-order valence-corrected chi connectivity index (χ0v) is 18.5. The number of hydrogen-bond donors (Lipinski definition) is 2. The van der Waals surface area contributed by atoms with Crippen LogP contribution in [-0.2, 0) is 16.6 Å².